The molecule has 0 saturated heterocycles. The van der Waals surface area contributed by atoms with Crippen molar-refractivity contribution in [1.82, 2.24) is 16.2 Å². The van der Waals surface area contributed by atoms with Gasteiger partial charge in [-0.25, -0.2) is 0 Å². The van der Waals surface area contributed by atoms with Crippen LogP contribution >= 0.6 is 27.7 Å². The second-order valence-corrected chi connectivity index (χ2v) is 8.47. The van der Waals surface area contributed by atoms with Crippen LogP contribution in [0, 0.1) is 0 Å². The highest BCUT2D eigenvalue weighted by molar-refractivity contribution is 9.10. The zero-order valence-corrected chi connectivity index (χ0v) is 19.1. The number of fused-ring (bicyclic) bond motifs is 1. The number of ether oxygens (including phenoxy) is 2. The van der Waals surface area contributed by atoms with Crippen molar-refractivity contribution < 1.29 is 23.9 Å². The summed E-state index contributed by atoms with van der Waals surface area (Å²) in [6.45, 7) is 0.0212. The fourth-order valence-electron chi connectivity index (χ4n) is 2.83. The van der Waals surface area contributed by atoms with Gasteiger partial charge in [0.1, 0.15) is 12.6 Å². The van der Waals surface area contributed by atoms with Crippen molar-refractivity contribution in [3.8, 4) is 11.5 Å². The summed E-state index contributed by atoms with van der Waals surface area (Å²) in [6.07, 6.45) is 1.40. The number of rotatable bonds is 7. The molecule has 0 aromatic heterocycles. The number of hydrogen-bond acceptors (Lipinski definition) is 6. The monoisotopic (exact) mass is 507 g/mol. The minimum Gasteiger partial charge on any atom is -0.485 e. The summed E-state index contributed by atoms with van der Waals surface area (Å²) in [5.74, 6) is 0.198. The van der Waals surface area contributed by atoms with Crippen molar-refractivity contribution in [2.45, 2.75) is 18.6 Å². The van der Waals surface area contributed by atoms with Gasteiger partial charge >= 0.3 is 0 Å². The Kier molecular flexibility index (Phi) is 8.19. The summed E-state index contributed by atoms with van der Waals surface area (Å²) in [6, 6.07) is 13.1. The number of benzene rings is 2. The molecule has 164 valence electrons. The Morgan fingerprint density at radius 3 is 2.55 bits per heavy atom. The molecule has 0 spiro atoms. The molecular weight excluding hydrogens is 486 g/mol. The van der Waals surface area contributed by atoms with Gasteiger partial charge in [-0.05, 0) is 58.6 Å². The van der Waals surface area contributed by atoms with Gasteiger partial charge in [0, 0.05) is 4.47 Å². The first-order valence-corrected chi connectivity index (χ1v) is 11.7. The zero-order chi connectivity index (χ0) is 22.2. The Labute approximate surface area is 192 Å². The molecule has 8 nitrogen and oxygen atoms in total. The molecule has 0 aliphatic carbocycles. The number of para-hydroxylation sites is 2. The van der Waals surface area contributed by atoms with Gasteiger partial charge in [-0.15, -0.1) is 0 Å². The number of carbonyl (C=O) groups excluding carboxylic acids is 3. The average Bonchev–Trinajstić information content (AvgIpc) is 2.79. The summed E-state index contributed by atoms with van der Waals surface area (Å²) >= 11 is 4.88. The Morgan fingerprint density at radius 2 is 1.81 bits per heavy atom. The highest BCUT2D eigenvalue weighted by Crippen LogP contribution is 2.30. The topological polar surface area (TPSA) is 106 Å². The number of carbonyl (C=O) groups is 3. The minimum atomic E-state index is -0.908. The normalized spacial score (nSPS) is 15.5. The lowest BCUT2D eigenvalue weighted by molar-refractivity contribution is -0.135. The lowest BCUT2D eigenvalue weighted by Gasteiger charge is -2.26. The van der Waals surface area contributed by atoms with Crippen LogP contribution in [0.2, 0.25) is 0 Å². The number of thioether (sulfide) groups is 1. The molecule has 2 aromatic rings. The quantitative estimate of drug-likeness (QED) is 0.496. The van der Waals surface area contributed by atoms with E-state index in [-0.39, 0.29) is 12.5 Å². The van der Waals surface area contributed by atoms with Gasteiger partial charge < -0.3 is 14.8 Å². The number of nitrogens with one attached hydrogen (secondary N) is 3. The van der Waals surface area contributed by atoms with E-state index in [1.165, 1.54) is 0 Å². The number of hydrazine groups is 1. The van der Waals surface area contributed by atoms with E-state index in [4.69, 9.17) is 9.47 Å². The molecule has 0 radical (unpaired) electrons. The lowest BCUT2D eigenvalue weighted by atomic mass is 10.1. The number of hydrogen-bond donors (Lipinski definition) is 3. The molecule has 3 amide bonds. The smallest absolute Gasteiger partial charge is 0.283 e. The van der Waals surface area contributed by atoms with Gasteiger partial charge in [0.2, 0.25) is 6.10 Å². The van der Waals surface area contributed by atoms with Crippen molar-refractivity contribution in [2.75, 3.05) is 18.6 Å². The van der Waals surface area contributed by atoms with E-state index >= 15 is 0 Å². The van der Waals surface area contributed by atoms with Crippen LogP contribution in [0.1, 0.15) is 16.8 Å². The molecule has 3 rings (SSSR count). The van der Waals surface area contributed by atoms with Crippen LogP contribution in [0.3, 0.4) is 0 Å². The molecular formula is C21H22BrN3O5S. The first-order chi connectivity index (χ1) is 15.0. The van der Waals surface area contributed by atoms with E-state index < -0.39 is 24.0 Å². The summed E-state index contributed by atoms with van der Waals surface area (Å²) in [7, 11) is 0. The van der Waals surface area contributed by atoms with Gasteiger partial charge in [-0.2, -0.15) is 11.8 Å². The van der Waals surface area contributed by atoms with Gasteiger partial charge in [0.15, 0.2) is 11.5 Å². The molecule has 0 fully saturated rings. The van der Waals surface area contributed by atoms with E-state index in [0.29, 0.717) is 33.7 Å². The van der Waals surface area contributed by atoms with Crippen LogP contribution in [0.5, 0.6) is 11.5 Å². The standard InChI is InChI=1S/C21H22BrN3O5S/c1-31-11-10-15(23-19(26)13-6-2-3-7-14(13)22)20(27)24-25-21(28)18-12-29-16-8-4-5-9-17(16)30-18/h2-9,15,18H,10-12H2,1H3,(H,23,26)(H,24,27)(H,25,28)/t15-,18-/m1/s1. The van der Waals surface area contributed by atoms with Crippen molar-refractivity contribution in [3.05, 3.63) is 58.6 Å². The molecule has 0 saturated carbocycles. The zero-order valence-electron chi connectivity index (χ0n) is 16.7. The number of halogens is 1. The largest absolute Gasteiger partial charge is 0.485 e. The van der Waals surface area contributed by atoms with Gasteiger partial charge in [0.25, 0.3) is 17.7 Å². The molecule has 2 aromatic carbocycles. The second-order valence-electron chi connectivity index (χ2n) is 6.63. The molecule has 31 heavy (non-hydrogen) atoms. The Hall–Kier alpha value is -2.72. The molecule has 2 atom stereocenters. The summed E-state index contributed by atoms with van der Waals surface area (Å²) < 4.78 is 11.8. The van der Waals surface area contributed by atoms with Crippen LogP contribution in [-0.4, -0.2) is 48.5 Å². The predicted octanol–water partition coefficient (Wildman–Crippen LogP) is 2.29. The Morgan fingerprint density at radius 1 is 1.10 bits per heavy atom. The first-order valence-electron chi connectivity index (χ1n) is 9.52. The van der Waals surface area contributed by atoms with Crippen LogP contribution in [0.15, 0.2) is 53.0 Å². The highest BCUT2D eigenvalue weighted by atomic mass is 79.9. The molecule has 1 aliphatic rings. The molecule has 3 N–H and O–H groups in total. The van der Waals surface area contributed by atoms with E-state index in [9.17, 15) is 14.4 Å². The average molecular weight is 508 g/mol. The summed E-state index contributed by atoms with van der Waals surface area (Å²) in [4.78, 5) is 37.7. The first kappa shape index (κ1) is 23.0. The fourth-order valence-corrected chi connectivity index (χ4v) is 3.76. The maximum absolute atomic E-state index is 12.7. The van der Waals surface area contributed by atoms with Gasteiger partial charge in [-0.1, -0.05) is 24.3 Å². The molecule has 10 heteroatoms. The Bertz CT molecular complexity index is 958. The Balaban J connectivity index is 1.57. The van der Waals surface area contributed by atoms with Crippen molar-refractivity contribution in [3.63, 3.8) is 0 Å². The van der Waals surface area contributed by atoms with E-state index in [1.54, 1.807) is 60.3 Å². The molecule has 0 unspecified atom stereocenters. The maximum Gasteiger partial charge on any atom is 0.283 e. The van der Waals surface area contributed by atoms with Crippen LogP contribution in [-0.2, 0) is 9.59 Å². The van der Waals surface area contributed by atoms with Crippen molar-refractivity contribution >= 4 is 45.4 Å². The second kappa shape index (κ2) is 11.1. The predicted molar refractivity (Wildman–Crippen MR) is 121 cm³/mol. The molecule has 1 heterocycles. The van der Waals surface area contributed by atoms with E-state index in [0.717, 1.165) is 0 Å². The van der Waals surface area contributed by atoms with E-state index in [1.807, 2.05) is 6.26 Å². The van der Waals surface area contributed by atoms with Gasteiger partial charge in [0.05, 0.1) is 5.56 Å². The maximum atomic E-state index is 12.7. The third-order valence-corrected chi connectivity index (χ3v) is 5.80. The summed E-state index contributed by atoms with van der Waals surface area (Å²) in [5, 5.41) is 2.72. The molecule has 0 bridgehead atoms. The lowest BCUT2D eigenvalue weighted by Crippen LogP contribution is -2.56. The minimum absolute atomic E-state index is 0.0212. The third kappa shape index (κ3) is 6.14. The fraction of sp³-hybridized carbons (Fsp3) is 0.286. The van der Waals surface area contributed by atoms with Crippen LogP contribution < -0.4 is 25.6 Å². The van der Waals surface area contributed by atoms with Gasteiger partial charge in [-0.3, -0.25) is 25.2 Å². The SMILES string of the molecule is CSCC[C@@H](NC(=O)c1ccccc1Br)C(=O)NNC(=O)[C@H]1COc2ccccc2O1. The summed E-state index contributed by atoms with van der Waals surface area (Å²) in [5.41, 5.74) is 5.14. The third-order valence-electron chi connectivity index (χ3n) is 4.46. The number of amides is 3. The van der Waals surface area contributed by atoms with Crippen LogP contribution in [0.25, 0.3) is 0 Å². The van der Waals surface area contributed by atoms with E-state index in [2.05, 4.69) is 32.1 Å². The van der Waals surface area contributed by atoms with Crippen LogP contribution in [0.4, 0.5) is 0 Å². The molecule has 1 aliphatic heterocycles. The van der Waals surface area contributed by atoms with Crippen molar-refractivity contribution in [1.29, 1.82) is 0 Å². The van der Waals surface area contributed by atoms with Crippen molar-refractivity contribution in [2.24, 2.45) is 0 Å². The highest BCUT2D eigenvalue weighted by Gasteiger charge is 2.29.